The number of H-pyrrole nitrogens is 1. The number of carbonyl (C=O) groups excluding carboxylic acids is 1. The van der Waals surface area contributed by atoms with Crippen LogP contribution in [0.5, 0.6) is 0 Å². The first-order valence-electron chi connectivity index (χ1n) is 9.58. The fourth-order valence-corrected chi connectivity index (χ4v) is 3.34. The van der Waals surface area contributed by atoms with Gasteiger partial charge in [0.25, 0.3) is 5.56 Å². The van der Waals surface area contributed by atoms with Crippen molar-refractivity contribution in [1.29, 1.82) is 0 Å². The van der Waals surface area contributed by atoms with Crippen LogP contribution in [0, 0.1) is 26.2 Å². The number of hydrogen-bond acceptors (Lipinski definition) is 2. The molecule has 0 radical (unpaired) electrons. The second-order valence-corrected chi connectivity index (χ2v) is 8.65. The molecule has 0 fully saturated rings. The first-order valence-corrected chi connectivity index (χ1v) is 9.58. The summed E-state index contributed by atoms with van der Waals surface area (Å²) < 4.78 is 0. The maximum Gasteiger partial charge on any atom is 0.253 e. The van der Waals surface area contributed by atoms with Gasteiger partial charge in [-0.05, 0) is 61.5 Å². The molecule has 3 rings (SSSR count). The summed E-state index contributed by atoms with van der Waals surface area (Å²) in [5.41, 5.74) is 4.74. The molecule has 1 amide bonds. The molecule has 0 saturated carbocycles. The molecule has 0 aliphatic heterocycles. The number of benzene rings is 2. The molecule has 0 saturated heterocycles. The number of anilines is 1. The molecule has 2 aromatic carbocycles. The van der Waals surface area contributed by atoms with Crippen LogP contribution in [0.3, 0.4) is 0 Å². The van der Waals surface area contributed by atoms with E-state index in [0.717, 1.165) is 33.3 Å². The van der Waals surface area contributed by atoms with E-state index in [0.29, 0.717) is 5.56 Å². The number of fused-ring (bicyclic) bond motifs is 1. The number of pyridine rings is 1. The van der Waals surface area contributed by atoms with Crippen molar-refractivity contribution in [3.63, 3.8) is 0 Å². The van der Waals surface area contributed by atoms with Crippen LogP contribution >= 0.6 is 0 Å². The van der Waals surface area contributed by atoms with Gasteiger partial charge in [0.2, 0.25) is 5.91 Å². The van der Waals surface area contributed by atoms with Crippen LogP contribution in [-0.4, -0.2) is 10.9 Å². The second-order valence-electron chi connectivity index (χ2n) is 8.65. The van der Waals surface area contributed by atoms with Crippen molar-refractivity contribution < 1.29 is 4.79 Å². The lowest BCUT2D eigenvalue weighted by atomic mass is 9.93. The average molecular weight is 377 g/mol. The minimum absolute atomic E-state index is 0.00932. The summed E-state index contributed by atoms with van der Waals surface area (Å²) in [7, 11) is 0. The molecular weight excluding hydrogens is 348 g/mol. The predicted molar refractivity (Wildman–Crippen MR) is 116 cm³/mol. The summed E-state index contributed by atoms with van der Waals surface area (Å²) in [4.78, 5) is 30.7. The van der Waals surface area contributed by atoms with Crippen LogP contribution < -0.4 is 10.5 Å². The Morgan fingerprint density at radius 2 is 1.61 bits per heavy atom. The molecule has 1 aromatic heterocycles. The zero-order valence-electron chi connectivity index (χ0n) is 17.5. The van der Waals surface area contributed by atoms with Gasteiger partial charge in [-0.3, -0.25) is 9.59 Å². The van der Waals surface area contributed by atoms with E-state index >= 15 is 0 Å². The molecule has 28 heavy (non-hydrogen) atoms. The molecule has 0 unspecified atom stereocenters. The molecule has 0 aliphatic rings. The van der Waals surface area contributed by atoms with Crippen LogP contribution in [-0.2, 0) is 11.3 Å². The number of aromatic nitrogens is 1. The van der Waals surface area contributed by atoms with Crippen LogP contribution in [0.4, 0.5) is 5.69 Å². The molecule has 1 N–H and O–H groups in total. The number of amides is 1. The van der Waals surface area contributed by atoms with E-state index in [-0.39, 0.29) is 18.0 Å². The fourth-order valence-electron chi connectivity index (χ4n) is 3.34. The maximum atomic E-state index is 13.3. The van der Waals surface area contributed by atoms with E-state index in [1.54, 1.807) is 4.90 Å². The summed E-state index contributed by atoms with van der Waals surface area (Å²) in [5.74, 6) is -0.00932. The Balaban J connectivity index is 2.13. The largest absolute Gasteiger partial charge is 0.322 e. The van der Waals surface area contributed by atoms with Gasteiger partial charge in [0.05, 0.1) is 6.54 Å². The van der Waals surface area contributed by atoms with E-state index in [9.17, 15) is 9.59 Å². The van der Waals surface area contributed by atoms with Gasteiger partial charge >= 0.3 is 0 Å². The summed E-state index contributed by atoms with van der Waals surface area (Å²) in [5, 5.41) is 0.971. The minimum atomic E-state index is -0.559. The van der Waals surface area contributed by atoms with Crippen LogP contribution in [0.25, 0.3) is 10.9 Å². The van der Waals surface area contributed by atoms with Crippen LogP contribution in [0.1, 0.15) is 43.0 Å². The van der Waals surface area contributed by atoms with Crippen molar-refractivity contribution in [2.45, 2.75) is 48.1 Å². The quantitative estimate of drug-likeness (QED) is 0.697. The average Bonchev–Trinajstić information content (AvgIpc) is 2.61. The SMILES string of the molecule is Cc1ccc(C)c(N(Cc2cc3cc(C)ccc3[nH]c2=O)C(=O)C(C)(C)C)c1. The summed E-state index contributed by atoms with van der Waals surface area (Å²) in [6.45, 7) is 12.0. The summed E-state index contributed by atoms with van der Waals surface area (Å²) >= 11 is 0. The molecular formula is C24H28N2O2. The number of aryl methyl sites for hydroxylation is 3. The van der Waals surface area contributed by atoms with E-state index in [1.807, 2.05) is 84.0 Å². The third-order valence-electron chi connectivity index (χ3n) is 4.95. The molecule has 146 valence electrons. The molecule has 3 aromatic rings. The third kappa shape index (κ3) is 4.01. The summed E-state index contributed by atoms with van der Waals surface area (Å²) in [6.07, 6.45) is 0. The van der Waals surface area contributed by atoms with E-state index in [1.165, 1.54) is 0 Å². The highest BCUT2D eigenvalue weighted by Crippen LogP contribution is 2.28. The first-order chi connectivity index (χ1) is 13.1. The second kappa shape index (κ2) is 7.27. The zero-order chi connectivity index (χ0) is 20.6. The Labute approximate surface area is 166 Å². The lowest BCUT2D eigenvalue weighted by Crippen LogP contribution is -2.40. The van der Waals surface area contributed by atoms with Crippen molar-refractivity contribution >= 4 is 22.5 Å². The molecule has 0 spiro atoms. The van der Waals surface area contributed by atoms with Crippen LogP contribution in [0.15, 0.2) is 47.3 Å². The van der Waals surface area contributed by atoms with E-state index in [2.05, 4.69) is 4.98 Å². The summed E-state index contributed by atoms with van der Waals surface area (Å²) in [6, 6.07) is 13.9. The number of rotatable bonds is 3. The zero-order valence-corrected chi connectivity index (χ0v) is 17.5. The Bertz CT molecular complexity index is 1100. The Morgan fingerprint density at radius 1 is 0.964 bits per heavy atom. The minimum Gasteiger partial charge on any atom is -0.322 e. The topological polar surface area (TPSA) is 53.2 Å². The van der Waals surface area contributed by atoms with Gasteiger partial charge in [0.15, 0.2) is 0 Å². The van der Waals surface area contributed by atoms with Crippen molar-refractivity contribution in [2.24, 2.45) is 5.41 Å². The molecule has 0 aliphatic carbocycles. The van der Waals surface area contributed by atoms with Gasteiger partial charge < -0.3 is 9.88 Å². The van der Waals surface area contributed by atoms with Crippen LogP contribution in [0.2, 0.25) is 0 Å². The number of nitrogens with zero attached hydrogens (tertiary/aromatic N) is 1. The number of carbonyl (C=O) groups is 1. The maximum absolute atomic E-state index is 13.3. The lowest BCUT2D eigenvalue weighted by Gasteiger charge is -2.31. The van der Waals surface area contributed by atoms with Gasteiger partial charge in [-0.25, -0.2) is 0 Å². The Hall–Kier alpha value is -2.88. The third-order valence-corrected chi connectivity index (χ3v) is 4.95. The molecule has 4 heteroatoms. The number of hydrogen-bond donors (Lipinski definition) is 1. The number of aromatic amines is 1. The molecule has 0 atom stereocenters. The first kappa shape index (κ1) is 19.9. The standard InChI is InChI=1S/C24H28N2O2/c1-15-8-10-20-18(11-15)13-19(22(27)25-20)14-26(23(28)24(4,5)6)21-12-16(2)7-9-17(21)3/h7-13H,14H2,1-6H3,(H,25,27). The van der Waals surface area contributed by atoms with E-state index < -0.39 is 5.41 Å². The highest BCUT2D eigenvalue weighted by atomic mass is 16.2. The van der Waals surface area contributed by atoms with Gasteiger partial charge in [-0.2, -0.15) is 0 Å². The molecule has 0 bridgehead atoms. The van der Waals surface area contributed by atoms with Crippen molar-refractivity contribution in [1.82, 2.24) is 4.98 Å². The van der Waals surface area contributed by atoms with Gasteiger partial charge in [0, 0.05) is 22.2 Å². The fraction of sp³-hybridized carbons (Fsp3) is 0.333. The number of nitrogens with one attached hydrogen (secondary N) is 1. The van der Waals surface area contributed by atoms with Gasteiger partial charge in [0.1, 0.15) is 0 Å². The Morgan fingerprint density at radius 3 is 2.29 bits per heavy atom. The van der Waals surface area contributed by atoms with E-state index in [4.69, 9.17) is 0 Å². The van der Waals surface area contributed by atoms with Gasteiger partial charge in [-0.15, -0.1) is 0 Å². The molecule has 4 nitrogen and oxygen atoms in total. The highest BCUT2D eigenvalue weighted by Gasteiger charge is 2.29. The predicted octanol–water partition coefficient (Wildman–Crippen LogP) is 5.03. The lowest BCUT2D eigenvalue weighted by molar-refractivity contribution is -0.125. The normalized spacial score (nSPS) is 11.6. The van der Waals surface area contributed by atoms with Crippen molar-refractivity contribution in [3.05, 3.63) is 75.1 Å². The van der Waals surface area contributed by atoms with Crippen molar-refractivity contribution in [2.75, 3.05) is 4.90 Å². The molecule has 1 heterocycles. The highest BCUT2D eigenvalue weighted by molar-refractivity contribution is 5.97. The van der Waals surface area contributed by atoms with Gasteiger partial charge in [-0.1, -0.05) is 44.5 Å². The van der Waals surface area contributed by atoms with Crippen molar-refractivity contribution in [3.8, 4) is 0 Å². The Kier molecular flexibility index (Phi) is 5.16. The smallest absolute Gasteiger partial charge is 0.253 e. The monoisotopic (exact) mass is 376 g/mol.